The summed E-state index contributed by atoms with van der Waals surface area (Å²) in [6.07, 6.45) is 4.22. The minimum absolute atomic E-state index is 0.143. The summed E-state index contributed by atoms with van der Waals surface area (Å²) in [7, 11) is 0. The summed E-state index contributed by atoms with van der Waals surface area (Å²) < 4.78 is 0.999. The van der Waals surface area contributed by atoms with Gasteiger partial charge in [-0.2, -0.15) is 0 Å². The fourth-order valence-electron chi connectivity index (χ4n) is 4.87. The molecule has 0 radical (unpaired) electrons. The summed E-state index contributed by atoms with van der Waals surface area (Å²) >= 11 is 3.63. The average Bonchev–Trinajstić information content (AvgIpc) is 3.19. The minimum Gasteiger partial charge on any atom is -0.356 e. The van der Waals surface area contributed by atoms with E-state index in [1.165, 1.54) is 10.9 Å². The number of nitrogens with zero attached hydrogens (tertiary/aromatic N) is 1. The Kier molecular flexibility index (Phi) is 4.33. The summed E-state index contributed by atoms with van der Waals surface area (Å²) in [5.41, 5.74) is 4.65. The average molecular weight is 438 g/mol. The summed E-state index contributed by atoms with van der Waals surface area (Å²) in [6.45, 7) is 3.74. The van der Waals surface area contributed by atoms with Gasteiger partial charge in [0.15, 0.2) is 5.54 Å². The van der Waals surface area contributed by atoms with Crippen molar-refractivity contribution < 1.29 is 4.79 Å². The number of carbonyl (C=O) groups is 1. The van der Waals surface area contributed by atoms with Crippen molar-refractivity contribution in [3.63, 3.8) is 0 Å². The van der Waals surface area contributed by atoms with Crippen LogP contribution >= 0.6 is 15.9 Å². The minimum atomic E-state index is -0.821. The van der Waals surface area contributed by atoms with Crippen LogP contribution in [0.2, 0.25) is 0 Å². The van der Waals surface area contributed by atoms with Gasteiger partial charge in [-0.05, 0) is 42.7 Å². The van der Waals surface area contributed by atoms with Gasteiger partial charge >= 0.3 is 0 Å². The van der Waals surface area contributed by atoms with Gasteiger partial charge in [0, 0.05) is 39.7 Å². The summed E-state index contributed by atoms with van der Waals surface area (Å²) in [5.74, 6) is 0.143. The molecule has 2 aromatic carbocycles. The van der Waals surface area contributed by atoms with Gasteiger partial charge in [-0.25, -0.2) is 0 Å². The Bertz CT molecular complexity index is 1070. The van der Waals surface area contributed by atoms with Crippen molar-refractivity contribution in [3.8, 4) is 0 Å². The third-order valence-electron chi connectivity index (χ3n) is 6.16. The Morgan fingerprint density at radius 3 is 2.89 bits per heavy atom. The van der Waals surface area contributed by atoms with Crippen LogP contribution in [0.3, 0.4) is 0 Å². The molecular formula is C23H24BrN3O. The smallest absolute Gasteiger partial charge is 0.258 e. The molecule has 0 bridgehead atoms. The zero-order chi connectivity index (χ0) is 19.3. The molecule has 0 saturated heterocycles. The summed E-state index contributed by atoms with van der Waals surface area (Å²) in [5, 5.41) is 4.85. The standard InChI is InChI=1S/C23H24BrN3O/c1-2-3-6-13-27-20-10-9-15(24)14-18(20)23(22(27)28)21-17(11-12-25-23)16-7-4-5-8-19(16)26-21/h4-5,7-10,14,25-26H,2-3,6,11-13H2,1H3/t23-/m0/s1. The molecule has 0 aliphatic carbocycles. The van der Waals surface area contributed by atoms with Crippen molar-refractivity contribution in [2.45, 2.75) is 38.1 Å². The second-order valence-electron chi connectivity index (χ2n) is 7.78. The second-order valence-corrected chi connectivity index (χ2v) is 8.69. The van der Waals surface area contributed by atoms with Crippen LogP contribution in [0.4, 0.5) is 5.69 Å². The number of H-pyrrole nitrogens is 1. The van der Waals surface area contributed by atoms with Crippen LogP contribution in [0.5, 0.6) is 0 Å². The molecule has 1 amide bonds. The van der Waals surface area contributed by atoms with Crippen molar-refractivity contribution in [3.05, 3.63) is 63.8 Å². The number of aromatic amines is 1. The number of anilines is 1. The van der Waals surface area contributed by atoms with Gasteiger partial charge in [0.1, 0.15) is 0 Å². The molecule has 5 heteroatoms. The first kappa shape index (κ1) is 18.0. The topological polar surface area (TPSA) is 48.1 Å². The monoisotopic (exact) mass is 437 g/mol. The molecule has 0 fully saturated rings. The fraction of sp³-hybridized carbons (Fsp3) is 0.348. The molecule has 2 aliphatic heterocycles. The van der Waals surface area contributed by atoms with Gasteiger partial charge in [0.25, 0.3) is 5.91 Å². The Labute approximate surface area is 173 Å². The first-order chi connectivity index (χ1) is 13.7. The van der Waals surface area contributed by atoms with Crippen molar-refractivity contribution in [2.75, 3.05) is 18.0 Å². The van der Waals surface area contributed by atoms with E-state index in [1.54, 1.807) is 0 Å². The van der Waals surface area contributed by atoms with Gasteiger partial charge in [-0.1, -0.05) is 53.9 Å². The lowest BCUT2D eigenvalue weighted by molar-refractivity contribution is -0.123. The van der Waals surface area contributed by atoms with E-state index in [2.05, 4.69) is 63.5 Å². The lowest BCUT2D eigenvalue weighted by atomic mass is 9.82. The largest absolute Gasteiger partial charge is 0.356 e. The number of unbranched alkanes of at least 4 members (excludes halogenated alkanes) is 2. The Hall–Kier alpha value is -2.11. The highest BCUT2D eigenvalue weighted by atomic mass is 79.9. The van der Waals surface area contributed by atoms with E-state index in [-0.39, 0.29) is 5.91 Å². The van der Waals surface area contributed by atoms with E-state index in [9.17, 15) is 4.79 Å². The van der Waals surface area contributed by atoms with Gasteiger partial charge in [0.2, 0.25) is 0 Å². The molecular weight excluding hydrogens is 414 g/mol. The van der Waals surface area contributed by atoms with Gasteiger partial charge in [0.05, 0.1) is 5.69 Å². The molecule has 1 spiro atoms. The molecule has 1 aromatic heterocycles. The predicted molar refractivity (Wildman–Crippen MR) is 117 cm³/mol. The molecule has 144 valence electrons. The van der Waals surface area contributed by atoms with E-state index < -0.39 is 5.54 Å². The number of halogens is 1. The second kappa shape index (κ2) is 6.75. The number of nitrogens with one attached hydrogen (secondary N) is 2. The predicted octanol–water partition coefficient (Wildman–Crippen LogP) is 4.86. The molecule has 1 atom stereocenters. The third kappa shape index (κ3) is 2.42. The summed E-state index contributed by atoms with van der Waals surface area (Å²) in [4.78, 5) is 19.5. The zero-order valence-electron chi connectivity index (χ0n) is 16.0. The van der Waals surface area contributed by atoms with E-state index in [0.717, 1.165) is 65.7 Å². The van der Waals surface area contributed by atoms with E-state index >= 15 is 0 Å². The van der Waals surface area contributed by atoms with E-state index in [1.807, 2.05) is 17.0 Å². The van der Waals surface area contributed by atoms with Crippen molar-refractivity contribution in [1.29, 1.82) is 0 Å². The highest BCUT2D eigenvalue weighted by molar-refractivity contribution is 9.10. The number of aromatic nitrogens is 1. The Morgan fingerprint density at radius 2 is 2.04 bits per heavy atom. The first-order valence-corrected chi connectivity index (χ1v) is 10.9. The molecule has 0 saturated carbocycles. The maximum Gasteiger partial charge on any atom is 0.258 e. The lowest BCUT2D eigenvalue weighted by Gasteiger charge is -2.34. The Balaban J connectivity index is 1.72. The number of para-hydroxylation sites is 1. The van der Waals surface area contributed by atoms with Crippen LogP contribution in [0.25, 0.3) is 10.9 Å². The number of hydrogen-bond donors (Lipinski definition) is 2. The van der Waals surface area contributed by atoms with Gasteiger partial charge < -0.3 is 9.88 Å². The van der Waals surface area contributed by atoms with Crippen molar-refractivity contribution in [2.24, 2.45) is 0 Å². The van der Waals surface area contributed by atoms with Crippen LogP contribution in [-0.4, -0.2) is 24.0 Å². The molecule has 4 nitrogen and oxygen atoms in total. The lowest BCUT2D eigenvalue weighted by Crippen LogP contribution is -2.55. The molecule has 5 rings (SSSR count). The number of amides is 1. The van der Waals surface area contributed by atoms with E-state index in [0.29, 0.717) is 0 Å². The van der Waals surface area contributed by atoms with Gasteiger partial charge in [-0.3, -0.25) is 10.1 Å². The zero-order valence-corrected chi connectivity index (χ0v) is 17.6. The van der Waals surface area contributed by atoms with Crippen LogP contribution < -0.4 is 10.2 Å². The van der Waals surface area contributed by atoms with Crippen LogP contribution in [-0.2, 0) is 16.8 Å². The normalized spacial score (nSPS) is 20.8. The maximum atomic E-state index is 13.9. The number of rotatable bonds is 4. The number of fused-ring (bicyclic) bond motifs is 6. The number of carbonyl (C=O) groups excluding carboxylic acids is 1. The molecule has 3 heterocycles. The Morgan fingerprint density at radius 1 is 1.18 bits per heavy atom. The van der Waals surface area contributed by atoms with Crippen molar-refractivity contribution >= 4 is 38.4 Å². The van der Waals surface area contributed by atoms with Crippen molar-refractivity contribution in [1.82, 2.24) is 10.3 Å². The molecule has 2 aliphatic rings. The molecule has 0 unspecified atom stereocenters. The highest BCUT2D eigenvalue weighted by Gasteiger charge is 2.55. The SMILES string of the molecule is CCCCCN1C(=O)[C@]2(NCCc3c2[nH]c2ccccc32)c2cc(Br)ccc21. The third-order valence-corrected chi connectivity index (χ3v) is 6.65. The first-order valence-electron chi connectivity index (χ1n) is 10.1. The molecule has 3 aromatic rings. The fourth-order valence-corrected chi connectivity index (χ4v) is 5.23. The molecule has 28 heavy (non-hydrogen) atoms. The van der Waals surface area contributed by atoms with Crippen LogP contribution in [0.1, 0.15) is 43.0 Å². The van der Waals surface area contributed by atoms with Gasteiger partial charge in [-0.15, -0.1) is 0 Å². The highest BCUT2D eigenvalue weighted by Crippen LogP contribution is 2.48. The maximum absolute atomic E-state index is 13.9. The van der Waals surface area contributed by atoms with Crippen LogP contribution in [0.15, 0.2) is 46.9 Å². The quantitative estimate of drug-likeness (QED) is 0.572. The van der Waals surface area contributed by atoms with Crippen LogP contribution in [0, 0.1) is 0 Å². The summed E-state index contributed by atoms with van der Waals surface area (Å²) in [6, 6.07) is 14.6. The molecule has 2 N–H and O–H groups in total. The number of hydrogen-bond acceptors (Lipinski definition) is 2. The van der Waals surface area contributed by atoms with E-state index in [4.69, 9.17) is 0 Å². The number of benzene rings is 2.